The molecule has 0 aliphatic heterocycles. The third-order valence-electron chi connectivity index (χ3n) is 4.10. The SMILES string of the molecule is OCC(CSc1ccc(Cl)c(Cl)c1)(NC1CC1)C1CC1. The van der Waals surface area contributed by atoms with E-state index in [9.17, 15) is 5.11 Å². The molecule has 2 N–H and O–H groups in total. The summed E-state index contributed by atoms with van der Waals surface area (Å²) in [5, 5.41) is 14.8. The summed E-state index contributed by atoms with van der Waals surface area (Å²) in [6.45, 7) is 0.211. The van der Waals surface area contributed by atoms with Crippen molar-refractivity contribution in [3.63, 3.8) is 0 Å². The van der Waals surface area contributed by atoms with E-state index in [-0.39, 0.29) is 12.1 Å². The number of benzene rings is 1. The minimum Gasteiger partial charge on any atom is -0.394 e. The van der Waals surface area contributed by atoms with Crippen molar-refractivity contribution in [2.24, 2.45) is 5.92 Å². The lowest BCUT2D eigenvalue weighted by molar-refractivity contribution is 0.157. The Labute approximate surface area is 134 Å². The number of rotatable bonds is 7. The minimum atomic E-state index is -0.127. The number of halogens is 2. The van der Waals surface area contributed by atoms with Crippen LogP contribution in [0.25, 0.3) is 0 Å². The number of hydrogen-bond acceptors (Lipinski definition) is 3. The predicted octanol–water partition coefficient (Wildman–Crippen LogP) is 3.98. The van der Waals surface area contributed by atoms with Crippen molar-refractivity contribution in [1.29, 1.82) is 0 Å². The van der Waals surface area contributed by atoms with Crippen LogP contribution in [0.15, 0.2) is 23.1 Å². The van der Waals surface area contributed by atoms with Gasteiger partial charge in [0, 0.05) is 16.7 Å². The van der Waals surface area contributed by atoms with Crippen molar-refractivity contribution in [3.05, 3.63) is 28.2 Å². The third-order valence-corrected chi connectivity index (χ3v) is 6.08. The highest BCUT2D eigenvalue weighted by atomic mass is 35.5. The minimum absolute atomic E-state index is 0.127. The quantitative estimate of drug-likeness (QED) is 0.741. The molecule has 2 nitrogen and oxygen atoms in total. The van der Waals surface area contributed by atoms with Crippen molar-refractivity contribution < 1.29 is 5.11 Å². The first kappa shape index (κ1) is 15.0. The molecule has 0 bridgehead atoms. The summed E-state index contributed by atoms with van der Waals surface area (Å²) in [5.41, 5.74) is -0.127. The lowest BCUT2D eigenvalue weighted by Crippen LogP contribution is -2.53. The Bertz CT molecular complexity index is 491. The van der Waals surface area contributed by atoms with Crippen molar-refractivity contribution in [2.75, 3.05) is 12.4 Å². The van der Waals surface area contributed by atoms with Crippen LogP contribution in [-0.4, -0.2) is 29.0 Å². The first-order chi connectivity index (χ1) is 9.63. The summed E-state index contributed by atoms with van der Waals surface area (Å²) < 4.78 is 0. The van der Waals surface area contributed by atoms with E-state index in [1.165, 1.54) is 25.7 Å². The maximum Gasteiger partial charge on any atom is 0.0624 e. The second-order valence-electron chi connectivity index (χ2n) is 5.87. The topological polar surface area (TPSA) is 32.3 Å². The monoisotopic (exact) mass is 331 g/mol. The van der Waals surface area contributed by atoms with Crippen LogP contribution in [0.5, 0.6) is 0 Å². The summed E-state index contributed by atoms with van der Waals surface area (Å²) in [6.07, 6.45) is 4.93. The molecule has 2 fully saturated rings. The van der Waals surface area contributed by atoms with Crippen molar-refractivity contribution in [1.82, 2.24) is 5.32 Å². The molecule has 1 aromatic carbocycles. The lowest BCUT2D eigenvalue weighted by atomic mass is 9.96. The molecule has 0 saturated heterocycles. The molecule has 5 heteroatoms. The van der Waals surface area contributed by atoms with Crippen LogP contribution >= 0.6 is 35.0 Å². The Morgan fingerprint density at radius 2 is 1.95 bits per heavy atom. The normalized spacial score (nSPS) is 21.8. The van der Waals surface area contributed by atoms with Crippen LogP contribution in [0.3, 0.4) is 0 Å². The summed E-state index contributed by atoms with van der Waals surface area (Å²) in [5.74, 6) is 1.49. The Kier molecular flexibility index (Phi) is 4.54. The van der Waals surface area contributed by atoms with Gasteiger partial charge in [0.15, 0.2) is 0 Å². The van der Waals surface area contributed by atoms with Gasteiger partial charge in [-0.3, -0.25) is 0 Å². The zero-order valence-electron chi connectivity index (χ0n) is 11.2. The fraction of sp³-hybridized carbons (Fsp3) is 0.600. The fourth-order valence-electron chi connectivity index (χ4n) is 2.55. The molecule has 0 aromatic heterocycles. The van der Waals surface area contributed by atoms with Gasteiger partial charge in [-0.1, -0.05) is 23.2 Å². The average molecular weight is 332 g/mol. The molecule has 0 spiro atoms. The Hall–Kier alpha value is 0.0700. The Balaban J connectivity index is 1.67. The van der Waals surface area contributed by atoms with Crippen LogP contribution in [0.1, 0.15) is 25.7 Å². The number of thioether (sulfide) groups is 1. The van der Waals surface area contributed by atoms with Crippen LogP contribution in [0, 0.1) is 5.92 Å². The van der Waals surface area contributed by atoms with Gasteiger partial charge in [0.1, 0.15) is 0 Å². The van der Waals surface area contributed by atoms with E-state index >= 15 is 0 Å². The molecule has 1 atom stereocenters. The first-order valence-corrected chi connectivity index (χ1v) is 8.83. The second kappa shape index (κ2) is 6.05. The summed E-state index contributed by atoms with van der Waals surface area (Å²) in [6, 6.07) is 6.33. The largest absolute Gasteiger partial charge is 0.394 e. The van der Waals surface area contributed by atoms with E-state index in [1.807, 2.05) is 18.2 Å². The van der Waals surface area contributed by atoms with E-state index in [0.29, 0.717) is 22.0 Å². The molecule has 3 rings (SSSR count). The predicted molar refractivity (Wildman–Crippen MR) is 85.9 cm³/mol. The van der Waals surface area contributed by atoms with E-state index in [0.717, 1.165) is 10.6 Å². The van der Waals surface area contributed by atoms with Crippen LogP contribution in [0.2, 0.25) is 10.0 Å². The smallest absolute Gasteiger partial charge is 0.0624 e. The standard InChI is InChI=1S/C15H19Cl2NOS/c16-13-6-5-12(7-14(13)17)20-9-15(8-19,10-1-2-10)18-11-3-4-11/h5-7,10-11,18-19H,1-4,8-9H2. The molecule has 110 valence electrons. The molecule has 0 amide bonds. The van der Waals surface area contributed by atoms with Crippen molar-refractivity contribution in [2.45, 2.75) is 42.2 Å². The van der Waals surface area contributed by atoms with Gasteiger partial charge in [-0.15, -0.1) is 11.8 Å². The van der Waals surface area contributed by atoms with Crippen LogP contribution < -0.4 is 5.32 Å². The van der Waals surface area contributed by atoms with E-state index < -0.39 is 0 Å². The second-order valence-corrected chi connectivity index (χ2v) is 7.73. The maximum absolute atomic E-state index is 9.92. The molecule has 2 aliphatic rings. The third kappa shape index (κ3) is 3.45. The fourth-order valence-corrected chi connectivity index (χ4v) is 4.11. The highest BCUT2D eigenvalue weighted by molar-refractivity contribution is 7.99. The van der Waals surface area contributed by atoms with Gasteiger partial charge in [-0.2, -0.15) is 0 Å². The summed E-state index contributed by atoms with van der Waals surface area (Å²) in [4.78, 5) is 1.11. The molecule has 1 unspecified atom stereocenters. The molecule has 2 aliphatic carbocycles. The zero-order valence-corrected chi connectivity index (χ0v) is 13.6. The number of aliphatic hydroxyl groups is 1. The molecule has 0 heterocycles. The Morgan fingerprint density at radius 1 is 1.20 bits per heavy atom. The van der Waals surface area contributed by atoms with Crippen molar-refractivity contribution >= 4 is 35.0 Å². The zero-order chi connectivity index (χ0) is 14.2. The Morgan fingerprint density at radius 3 is 2.50 bits per heavy atom. The summed E-state index contributed by atoms with van der Waals surface area (Å²) in [7, 11) is 0. The van der Waals surface area contributed by atoms with Crippen LogP contribution in [0.4, 0.5) is 0 Å². The molecular formula is C15H19Cl2NOS. The van der Waals surface area contributed by atoms with Gasteiger partial charge < -0.3 is 10.4 Å². The summed E-state index contributed by atoms with van der Waals surface area (Å²) >= 11 is 13.7. The lowest BCUT2D eigenvalue weighted by Gasteiger charge is -2.33. The molecule has 2 saturated carbocycles. The molecule has 1 aromatic rings. The highest BCUT2D eigenvalue weighted by Crippen LogP contribution is 2.44. The number of aliphatic hydroxyl groups excluding tert-OH is 1. The number of nitrogens with one attached hydrogen (secondary N) is 1. The average Bonchev–Trinajstić information content (AvgIpc) is 3.31. The van der Waals surface area contributed by atoms with E-state index in [2.05, 4.69) is 5.32 Å². The van der Waals surface area contributed by atoms with Gasteiger partial charge in [0.05, 0.1) is 22.2 Å². The molecule has 0 radical (unpaired) electrons. The molecular weight excluding hydrogens is 313 g/mol. The van der Waals surface area contributed by atoms with Gasteiger partial charge in [0.2, 0.25) is 0 Å². The van der Waals surface area contributed by atoms with Crippen LogP contribution in [-0.2, 0) is 0 Å². The van der Waals surface area contributed by atoms with Gasteiger partial charge in [-0.05, 0) is 49.8 Å². The molecule has 20 heavy (non-hydrogen) atoms. The van der Waals surface area contributed by atoms with Gasteiger partial charge >= 0.3 is 0 Å². The first-order valence-electron chi connectivity index (χ1n) is 7.09. The highest BCUT2D eigenvalue weighted by Gasteiger charge is 2.47. The van der Waals surface area contributed by atoms with E-state index in [4.69, 9.17) is 23.2 Å². The van der Waals surface area contributed by atoms with Crippen molar-refractivity contribution in [3.8, 4) is 0 Å². The van der Waals surface area contributed by atoms with E-state index in [1.54, 1.807) is 11.8 Å². The van der Waals surface area contributed by atoms with Gasteiger partial charge in [-0.25, -0.2) is 0 Å². The number of hydrogen-bond donors (Lipinski definition) is 2. The maximum atomic E-state index is 9.92. The van der Waals surface area contributed by atoms with Gasteiger partial charge in [0.25, 0.3) is 0 Å².